The summed E-state index contributed by atoms with van der Waals surface area (Å²) < 4.78 is 40.7. The zero-order valence-electron chi connectivity index (χ0n) is 9.85. The fraction of sp³-hybridized carbons (Fsp3) is 0.0833. The van der Waals surface area contributed by atoms with E-state index in [1.54, 1.807) is 0 Å². The van der Waals surface area contributed by atoms with Gasteiger partial charge in [0.2, 0.25) is 5.56 Å². The van der Waals surface area contributed by atoms with Crippen LogP contribution >= 0.6 is 0 Å². The number of benzene rings is 1. The molecule has 0 bridgehead atoms. The van der Waals surface area contributed by atoms with E-state index in [0.717, 1.165) is 6.07 Å². The van der Waals surface area contributed by atoms with Crippen molar-refractivity contribution in [3.63, 3.8) is 0 Å². The molecule has 0 aliphatic carbocycles. The molecule has 0 atom stereocenters. The van der Waals surface area contributed by atoms with E-state index >= 15 is 0 Å². The van der Waals surface area contributed by atoms with Gasteiger partial charge in [-0.15, -0.1) is 10.2 Å². The molecule has 1 N–H and O–H groups in total. The number of hydrogen-bond donors (Lipinski definition) is 1. The van der Waals surface area contributed by atoms with Crippen LogP contribution in [0.15, 0.2) is 41.7 Å². The first-order valence-corrected chi connectivity index (χ1v) is 5.54. The minimum Gasteiger partial charge on any atom is -0.321 e. The van der Waals surface area contributed by atoms with Crippen LogP contribution in [0.2, 0.25) is 0 Å². The highest BCUT2D eigenvalue weighted by atomic mass is 19.4. The van der Waals surface area contributed by atoms with Gasteiger partial charge in [0.25, 0.3) is 0 Å². The standard InChI is InChI=1S/C12H7F3N4O/c13-12(14,15)9-4-8(19-5-16-17-6-19)3-7-1-2-10(20)18-11(7)9/h1-6H,(H,18,20). The normalized spacial score (nSPS) is 11.9. The fourth-order valence-electron chi connectivity index (χ4n) is 1.96. The van der Waals surface area contributed by atoms with Crippen LogP contribution < -0.4 is 5.56 Å². The second-order valence-electron chi connectivity index (χ2n) is 4.15. The van der Waals surface area contributed by atoms with Crippen molar-refractivity contribution in [2.24, 2.45) is 0 Å². The number of H-pyrrole nitrogens is 1. The summed E-state index contributed by atoms with van der Waals surface area (Å²) in [5.74, 6) is 0. The third-order valence-electron chi connectivity index (χ3n) is 2.84. The molecule has 1 aromatic carbocycles. The molecule has 3 aromatic rings. The monoisotopic (exact) mass is 280 g/mol. The number of fused-ring (bicyclic) bond motifs is 1. The van der Waals surface area contributed by atoms with Crippen LogP contribution in [-0.2, 0) is 6.18 Å². The number of pyridine rings is 1. The van der Waals surface area contributed by atoms with Crippen molar-refractivity contribution in [1.29, 1.82) is 0 Å². The van der Waals surface area contributed by atoms with E-state index in [9.17, 15) is 18.0 Å². The van der Waals surface area contributed by atoms with E-state index in [1.165, 1.54) is 35.4 Å². The summed E-state index contributed by atoms with van der Waals surface area (Å²) in [7, 11) is 0. The van der Waals surface area contributed by atoms with Gasteiger partial charge in [-0.2, -0.15) is 13.2 Å². The average molecular weight is 280 g/mol. The molecular formula is C12H7F3N4O. The summed E-state index contributed by atoms with van der Waals surface area (Å²) in [6, 6.07) is 4.99. The molecule has 0 aliphatic heterocycles. The zero-order valence-corrected chi connectivity index (χ0v) is 9.85. The third-order valence-corrected chi connectivity index (χ3v) is 2.84. The summed E-state index contributed by atoms with van der Waals surface area (Å²) >= 11 is 0. The topological polar surface area (TPSA) is 63.6 Å². The molecule has 8 heteroatoms. The average Bonchev–Trinajstić information content (AvgIpc) is 2.90. The van der Waals surface area contributed by atoms with E-state index < -0.39 is 17.3 Å². The Morgan fingerprint density at radius 3 is 2.45 bits per heavy atom. The van der Waals surface area contributed by atoms with Crippen molar-refractivity contribution in [1.82, 2.24) is 19.7 Å². The van der Waals surface area contributed by atoms with Gasteiger partial charge in [-0.05, 0) is 18.2 Å². The van der Waals surface area contributed by atoms with E-state index in [-0.39, 0.29) is 16.6 Å². The lowest BCUT2D eigenvalue weighted by Crippen LogP contribution is -2.12. The predicted octanol–water partition coefficient (Wildman–Crippen LogP) is 2.13. The minimum atomic E-state index is -4.58. The maximum Gasteiger partial charge on any atom is 0.418 e. The van der Waals surface area contributed by atoms with Crippen molar-refractivity contribution in [3.8, 4) is 5.69 Å². The predicted molar refractivity (Wildman–Crippen MR) is 64.5 cm³/mol. The highest BCUT2D eigenvalue weighted by Gasteiger charge is 2.33. The summed E-state index contributed by atoms with van der Waals surface area (Å²) in [6.45, 7) is 0. The van der Waals surface area contributed by atoms with Crippen molar-refractivity contribution in [2.45, 2.75) is 6.18 Å². The van der Waals surface area contributed by atoms with E-state index in [1.807, 2.05) is 0 Å². The Labute approximate surface area is 109 Å². The molecule has 0 amide bonds. The SMILES string of the molecule is O=c1ccc2cc(-n3cnnc3)cc(C(F)(F)F)c2[nH]1. The van der Waals surface area contributed by atoms with E-state index in [2.05, 4.69) is 15.2 Å². The molecule has 0 radical (unpaired) electrons. The van der Waals surface area contributed by atoms with Gasteiger partial charge < -0.3 is 4.98 Å². The van der Waals surface area contributed by atoms with Crippen LogP contribution in [0.25, 0.3) is 16.6 Å². The summed E-state index contributed by atoms with van der Waals surface area (Å²) in [4.78, 5) is 13.4. The fourth-order valence-corrected chi connectivity index (χ4v) is 1.96. The second-order valence-corrected chi connectivity index (χ2v) is 4.15. The number of alkyl halides is 3. The molecule has 2 aromatic heterocycles. The second kappa shape index (κ2) is 4.19. The molecule has 0 spiro atoms. The van der Waals surface area contributed by atoms with Gasteiger partial charge in [-0.1, -0.05) is 0 Å². The zero-order chi connectivity index (χ0) is 14.3. The smallest absolute Gasteiger partial charge is 0.321 e. The van der Waals surface area contributed by atoms with Crippen molar-refractivity contribution >= 4 is 10.9 Å². The number of hydrogen-bond acceptors (Lipinski definition) is 3. The quantitative estimate of drug-likeness (QED) is 0.742. The molecular weight excluding hydrogens is 273 g/mol. The van der Waals surface area contributed by atoms with Crippen LogP contribution in [-0.4, -0.2) is 19.7 Å². The minimum absolute atomic E-state index is 0.234. The maximum atomic E-state index is 13.1. The molecule has 0 unspecified atom stereocenters. The first-order valence-electron chi connectivity index (χ1n) is 5.54. The van der Waals surface area contributed by atoms with Crippen LogP contribution in [0.5, 0.6) is 0 Å². The van der Waals surface area contributed by atoms with E-state index in [0.29, 0.717) is 0 Å². The number of nitrogens with one attached hydrogen (secondary N) is 1. The Kier molecular flexibility index (Phi) is 2.60. The van der Waals surface area contributed by atoms with Gasteiger partial charge in [0.05, 0.1) is 11.1 Å². The number of nitrogens with zero attached hydrogens (tertiary/aromatic N) is 3. The van der Waals surface area contributed by atoms with Gasteiger partial charge in [0, 0.05) is 17.1 Å². The largest absolute Gasteiger partial charge is 0.418 e. The van der Waals surface area contributed by atoms with Crippen molar-refractivity contribution in [3.05, 3.63) is 52.8 Å². The number of halogens is 3. The van der Waals surface area contributed by atoms with Gasteiger partial charge in [0.1, 0.15) is 12.7 Å². The molecule has 20 heavy (non-hydrogen) atoms. The Bertz CT molecular complexity index is 821. The van der Waals surface area contributed by atoms with Crippen molar-refractivity contribution in [2.75, 3.05) is 0 Å². The highest BCUT2D eigenvalue weighted by molar-refractivity contribution is 5.84. The first kappa shape index (κ1) is 12.4. The van der Waals surface area contributed by atoms with Gasteiger partial charge in [-0.25, -0.2) is 0 Å². The summed E-state index contributed by atoms with van der Waals surface area (Å²) in [5, 5.41) is 7.40. The van der Waals surface area contributed by atoms with Crippen LogP contribution in [0, 0.1) is 0 Å². The Hall–Kier alpha value is -2.64. The summed E-state index contributed by atoms with van der Waals surface area (Å²) in [5.41, 5.74) is -1.46. The molecule has 0 saturated heterocycles. The lowest BCUT2D eigenvalue weighted by molar-refractivity contribution is -0.136. The number of rotatable bonds is 1. The van der Waals surface area contributed by atoms with Crippen LogP contribution in [0.3, 0.4) is 0 Å². The third kappa shape index (κ3) is 2.04. The first-order chi connectivity index (χ1) is 9.45. The number of aromatic amines is 1. The molecule has 0 saturated carbocycles. The molecule has 5 nitrogen and oxygen atoms in total. The number of aromatic nitrogens is 4. The Morgan fingerprint density at radius 1 is 1.10 bits per heavy atom. The highest BCUT2D eigenvalue weighted by Crippen LogP contribution is 2.35. The van der Waals surface area contributed by atoms with Crippen LogP contribution in [0.1, 0.15) is 5.56 Å². The van der Waals surface area contributed by atoms with Gasteiger partial charge in [0.15, 0.2) is 0 Å². The van der Waals surface area contributed by atoms with Crippen molar-refractivity contribution < 1.29 is 13.2 Å². The lowest BCUT2D eigenvalue weighted by atomic mass is 10.1. The molecule has 3 rings (SSSR count). The molecule has 0 fully saturated rings. The maximum absolute atomic E-state index is 13.1. The van der Waals surface area contributed by atoms with Crippen LogP contribution in [0.4, 0.5) is 13.2 Å². The van der Waals surface area contributed by atoms with E-state index in [4.69, 9.17) is 0 Å². The van der Waals surface area contributed by atoms with Gasteiger partial charge in [-0.3, -0.25) is 9.36 Å². The summed E-state index contributed by atoms with van der Waals surface area (Å²) in [6.07, 6.45) is -1.98. The lowest BCUT2D eigenvalue weighted by Gasteiger charge is -2.12. The Balaban J connectivity index is 2.37. The molecule has 2 heterocycles. The molecule has 102 valence electrons. The van der Waals surface area contributed by atoms with Gasteiger partial charge >= 0.3 is 6.18 Å². The molecule has 0 aliphatic rings. The Morgan fingerprint density at radius 2 is 1.80 bits per heavy atom.